The molecule has 3 rings (SSSR count). The molecule has 0 aliphatic carbocycles. The lowest BCUT2D eigenvalue weighted by molar-refractivity contribution is -0.152. The van der Waals surface area contributed by atoms with Crippen LogP contribution in [0.3, 0.4) is 0 Å². The fourth-order valence-corrected chi connectivity index (χ4v) is 4.30. The third kappa shape index (κ3) is 3.80. The summed E-state index contributed by atoms with van der Waals surface area (Å²) in [4.78, 5) is 27.5. The summed E-state index contributed by atoms with van der Waals surface area (Å²) in [7, 11) is 0. The van der Waals surface area contributed by atoms with E-state index in [-0.39, 0.29) is 36.4 Å². The molecule has 1 heterocycles. The molecule has 1 aliphatic heterocycles. The molecule has 3 atom stereocenters. The molecular formula is C23H28N2O3. The summed E-state index contributed by atoms with van der Waals surface area (Å²) < 4.78 is 0. The van der Waals surface area contributed by atoms with Gasteiger partial charge in [0.15, 0.2) is 0 Å². The Balaban J connectivity index is 1.88. The van der Waals surface area contributed by atoms with Crippen molar-refractivity contribution in [3.05, 3.63) is 60.2 Å². The maximum absolute atomic E-state index is 12.2. The molecule has 0 radical (unpaired) electrons. The zero-order valence-corrected chi connectivity index (χ0v) is 16.7. The van der Waals surface area contributed by atoms with E-state index in [2.05, 4.69) is 36.4 Å². The molecule has 2 aromatic carbocycles. The highest BCUT2D eigenvalue weighted by Gasteiger charge is 2.50. The van der Waals surface area contributed by atoms with E-state index in [9.17, 15) is 14.7 Å². The molecule has 2 amide bonds. The van der Waals surface area contributed by atoms with Crippen molar-refractivity contribution >= 4 is 11.8 Å². The number of likely N-dealkylation sites (tertiary alicyclic amines) is 1. The Kier molecular flexibility index (Phi) is 6.15. The van der Waals surface area contributed by atoms with Crippen LogP contribution in [-0.4, -0.2) is 58.5 Å². The molecule has 148 valence electrons. The minimum Gasteiger partial charge on any atom is -0.394 e. The van der Waals surface area contributed by atoms with Crippen LogP contribution >= 0.6 is 0 Å². The van der Waals surface area contributed by atoms with Gasteiger partial charge in [-0.3, -0.25) is 9.59 Å². The fraction of sp³-hybridized carbons (Fsp3) is 0.391. The van der Waals surface area contributed by atoms with E-state index in [0.29, 0.717) is 13.1 Å². The molecule has 5 heteroatoms. The number of nitrogens with zero attached hydrogens (tertiary/aromatic N) is 2. The molecule has 0 saturated carbocycles. The second kappa shape index (κ2) is 8.57. The van der Waals surface area contributed by atoms with E-state index in [1.807, 2.05) is 25.1 Å². The molecule has 28 heavy (non-hydrogen) atoms. The summed E-state index contributed by atoms with van der Waals surface area (Å²) in [5.74, 6) is -0.0652. The van der Waals surface area contributed by atoms with Gasteiger partial charge in [0.2, 0.25) is 11.8 Å². The zero-order valence-electron chi connectivity index (χ0n) is 16.7. The van der Waals surface area contributed by atoms with E-state index < -0.39 is 0 Å². The normalized spacial score (nSPS) is 21.1. The Bertz CT molecular complexity index is 820. The molecule has 0 bridgehead atoms. The van der Waals surface area contributed by atoms with Gasteiger partial charge in [-0.25, -0.2) is 0 Å². The summed E-state index contributed by atoms with van der Waals surface area (Å²) >= 11 is 0. The van der Waals surface area contributed by atoms with Crippen LogP contribution in [0.2, 0.25) is 0 Å². The lowest BCUT2D eigenvalue weighted by Crippen LogP contribution is -2.68. The largest absolute Gasteiger partial charge is 0.394 e. The number of likely N-dealkylation sites (N-methyl/N-ethyl adjacent to an activating group) is 1. The molecule has 1 fully saturated rings. The monoisotopic (exact) mass is 380 g/mol. The van der Waals surface area contributed by atoms with Crippen molar-refractivity contribution < 1.29 is 14.7 Å². The van der Waals surface area contributed by atoms with Crippen molar-refractivity contribution in [3.8, 4) is 11.1 Å². The predicted molar refractivity (Wildman–Crippen MR) is 110 cm³/mol. The molecule has 0 aromatic heterocycles. The van der Waals surface area contributed by atoms with E-state index >= 15 is 0 Å². The highest BCUT2D eigenvalue weighted by molar-refractivity contribution is 5.77. The number of aliphatic hydroxyl groups is 1. The molecule has 0 spiro atoms. The van der Waals surface area contributed by atoms with Crippen LogP contribution in [0, 0.1) is 0 Å². The van der Waals surface area contributed by atoms with Crippen molar-refractivity contribution in [2.75, 3.05) is 19.7 Å². The first kappa shape index (κ1) is 20.1. The van der Waals surface area contributed by atoms with E-state index in [4.69, 9.17) is 0 Å². The van der Waals surface area contributed by atoms with Crippen LogP contribution < -0.4 is 0 Å². The zero-order chi connectivity index (χ0) is 20.3. The number of hydrogen-bond acceptors (Lipinski definition) is 3. The highest BCUT2D eigenvalue weighted by Crippen LogP contribution is 2.41. The number of rotatable bonds is 6. The van der Waals surface area contributed by atoms with Crippen LogP contribution in [0.15, 0.2) is 54.6 Å². The third-order valence-corrected chi connectivity index (χ3v) is 5.73. The quantitative estimate of drug-likeness (QED) is 0.838. The maximum atomic E-state index is 12.2. The second-order valence-electron chi connectivity index (χ2n) is 7.32. The minimum atomic E-state index is -0.254. The molecular weight excluding hydrogens is 352 g/mol. The van der Waals surface area contributed by atoms with Crippen LogP contribution in [0.1, 0.15) is 32.3 Å². The average molecular weight is 380 g/mol. The van der Waals surface area contributed by atoms with Gasteiger partial charge >= 0.3 is 0 Å². The second-order valence-corrected chi connectivity index (χ2v) is 7.32. The Morgan fingerprint density at radius 1 is 0.964 bits per heavy atom. The van der Waals surface area contributed by atoms with Crippen LogP contribution in [0.4, 0.5) is 0 Å². The lowest BCUT2D eigenvalue weighted by atomic mass is 9.74. The van der Waals surface area contributed by atoms with Gasteiger partial charge in [-0.2, -0.15) is 0 Å². The number of benzene rings is 2. The predicted octanol–water partition coefficient (Wildman–Crippen LogP) is 2.90. The Morgan fingerprint density at radius 3 is 2.07 bits per heavy atom. The topological polar surface area (TPSA) is 60.9 Å². The van der Waals surface area contributed by atoms with Gasteiger partial charge in [0, 0.05) is 32.9 Å². The number of hydrogen-bond donors (Lipinski definition) is 1. The minimum absolute atomic E-state index is 0.00312. The molecule has 1 saturated heterocycles. The fourth-order valence-electron chi connectivity index (χ4n) is 4.30. The van der Waals surface area contributed by atoms with Gasteiger partial charge in [-0.05, 0) is 23.6 Å². The number of carbonyl (C=O) groups excluding carboxylic acids is 2. The van der Waals surface area contributed by atoms with Crippen molar-refractivity contribution in [3.63, 3.8) is 0 Å². The number of aliphatic hydroxyl groups excluding tert-OH is 1. The first-order valence-electron chi connectivity index (χ1n) is 9.78. The van der Waals surface area contributed by atoms with Crippen molar-refractivity contribution in [2.45, 2.75) is 38.8 Å². The van der Waals surface area contributed by atoms with Gasteiger partial charge in [-0.15, -0.1) is 0 Å². The molecule has 0 unspecified atom stereocenters. The van der Waals surface area contributed by atoms with Crippen LogP contribution in [0.5, 0.6) is 0 Å². The first-order chi connectivity index (χ1) is 13.5. The Hall–Kier alpha value is -2.66. The molecule has 1 aliphatic rings. The standard InChI is InChI=1S/C23H28N2O3/c1-4-24(16(2)27)14-21-23(22(15-26)25(21)17(3)28)20-12-10-19(11-13-20)18-8-6-5-7-9-18/h5-13,21-23,26H,4,14-15H2,1-3H3/t21-,22+,23+/m0/s1. The van der Waals surface area contributed by atoms with Gasteiger partial charge < -0.3 is 14.9 Å². The number of carbonyl (C=O) groups is 2. The van der Waals surface area contributed by atoms with E-state index in [0.717, 1.165) is 16.7 Å². The van der Waals surface area contributed by atoms with Crippen molar-refractivity contribution in [2.24, 2.45) is 0 Å². The smallest absolute Gasteiger partial charge is 0.220 e. The first-order valence-corrected chi connectivity index (χ1v) is 9.78. The van der Waals surface area contributed by atoms with Crippen LogP contribution in [0.25, 0.3) is 11.1 Å². The average Bonchev–Trinajstić information content (AvgIpc) is 2.68. The Morgan fingerprint density at radius 2 is 1.57 bits per heavy atom. The van der Waals surface area contributed by atoms with E-state index in [1.54, 1.807) is 16.7 Å². The van der Waals surface area contributed by atoms with Crippen molar-refractivity contribution in [1.82, 2.24) is 9.80 Å². The third-order valence-electron chi connectivity index (χ3n) is 5.73. The van der Waals surface area contributed by atoms with Crippen molar-refractivity contribution in [1.29, 1.82) is 0 Å². The molecule has 2 aromatic rings. The molecule has 1 N–H and O–H groups in total. The highest BCUT2D eigenvalue weighted by atomic mass is 16.3. The summed E-state index contributed by atoms with van der Waals surface area (Å²) in [6, 6.07) is 18.1. The molecule has 5 nitrogen and oxygen atoms in total. The SMILES string of the molecule is CCN(C[C@H]1[C@@H](c2ccc(-c3ccccc3)cc2)[C@@H](CO)N1C(C)=O)C(C)=O. The van der Waals surface area contributed by atoms with Gasteiger partial charge in [0.25, 0.3) is 0 Å². The lowest BCUT2D eigenvalue weighted by Gasteiger charge is -2.55. The number of amides is 2. The van der Waals surface area contributed by atoms with Gasteiger partial charge in [-0.1, -0.05) is 54.6 Å². The van der Waals surface area contributed by atoms with Gasteiger partial charge in [0.05, 0.1) is 18.7 Å². The van der Waals surface area contributed by atoms with Crippen LogP contribution in [-0.2, 0) is 9.59 Å². The summed E-state index contributed by atoms with van der Waals surface area (Å²) in [5.41, 5.74) is 3.36. The summed E-state index contributed by atoms with van der Waals surface area (Å²) in [6.45, 7) is 5.99. The Labute approximate surface area is 166 Å². The summed E-state index contributed by atoms with van der Waals surface area (Å²) in [6.07, 6.45) is 0. The summed E-state index contributed by atoms with van der Waals surface area (Å²) in [5, 5.41) is 9.91. The van der Waals surface area contributed by atoms with E-state index in [1.165, 1.54) is 6.92 Å². The maximum Gasteiger partial charge on any atom is 0.220 e. The van der Waals surface area contributed by atoms with Gasteiger partial charge in [0.1, 0.15) is 0 Å².